The number of nitrogens with zero attached hydrogens (tertiary/aromatic N) is 1. The van der Waals surface area contributed by atoms with Gasteiger partial charge in [-0.25, -0.2) is 13.1 Å². The summed E-state index contributed by atoms with van der Waals surface area (Å²) in [7, 11) is -2.33. The Morgan fingerprint density at radius 2 is 1.89 bits per heavy atom. The van der Waals surface area contributed by atoms with Crippen LogP contribution in [0.25, 0.3) is 10.2 Å². The third kappa shape index (κ3) is 4.88. The molecule has 1 N–H and O–H groups in total. The normalized spacial score (nSPS) is 16.9. The number of rotatable bonds is 6. The predicted octanol–water partition coefficient (Wildman–Crippen LogP) is 5.35. The molecule has 36 heavy (non-hydrogen) atoms. The maximum Gasteiger partial charge on any atom is 0.308 e. The van der Waals surface area contributed by atoms with Gasteiger partial charge in [-0.05, 0) is 67.9 Å². The monoisotopic (exact) mass is 544 g/mol. The van der Waals surface area contributed by atoms with E-state index in [0.717, 1.165) is 22.5 Å². The van der Waals surface area contributed by atoms with E-state index in [1.807, 2.05) is 26.0 Å². The highest BCUT2D eigenvalue weighted by Crippen LogP contribution is 2.41. The zero-order chi connectivity index (χ0) is 25.7. The van der Waals surface area contributed by atoms with Crippen LogP contribution in [-0.2, 0) is 16.6 Å². The molecule has 3 aromatic carbocycles. The fourth-order valence-corrected chi connectivity index (χ4v) is 6.83. The van der Waals surface area contributed by atoms with Gasteiger partial charge in [0.15, 0.2) is 0 Å². The lowest BCUT2D eigenvalue weighted by molar-refractivity contribution is 0.0700. The second-order valence-electron chi connectivity index (χ2n) is 9.35. The summed E-state index contributed by atoms with van der Waals surface area (Å²) in [5.74, 6) is 1.24. The third-order valence-electron chi connectivity index (χ3n) is 6.18. The summed E-state index contributed by atoms with van der Waals surface area (Å²) < 4.78 is 43.4. The van der Waals surface area contributed by atoms with Gasteiger partial charge in [0.05, 0.1) is 34.8 Å². The number of benzene rings is 3. The molecule has 0 bridgehead atoms. The van der Waals surface area contributed by atoms with E-state index < -0.39 is 21.7 Å². The zero-order valence-corrected chi connectivity index (χ0v) is 22.3. The molecule has 10 heteroatoms. The first-order valence-corrected chi connectivity index (χ1v) is 14.0. The minimum Gasteiger partial charge on any atom is -0.497 e. The molecular weight excluding hydrogens is 520 g/mol. The Hall–Kier alpha value is -2.85. The largest absolute Gasteiger partial charge is 0.497 e. The maximum atomic E-state index is 13.5. The lowest BCUT2D eigenvalue weighted by atomic mass is 9.90. The third-order valence-corrected chi connectivity index (χ3v) is 8.84. The molecule has 7 nitrogen and oxygen atoms in total. The van der Waals surface area contributed by atoms with Crippen molar-refractivity contribution in [1.82, 2.24) is 9.29 Å². The topological polar surface area (TPSA) is 86.6 Å². The molecule has 1 atom stereocenters. The van der Waals surface area contributed by atoms with Gasteiger partial charge < -0.3 is 9.47 Å². The Morgan fingerprint density at radius 1 is 1.14 bits per heavy atom. The fourth-order valence-electron chi connectivity index (χ4n) is 4.46. The second-order valence-corrected chi connectivity index (χ2v) is 12.5. The minimum absolute atomic E-state index is 0.101. The Balaban J connectivity index is 1.47. The van der Waals surface area contributed by atoms with Gasteiger partial charge in [-0.15, -0.1) is 0 Å². The number of sulfonamides is 1. The van der Waals surface area contributed by atoms with E-state index >= 15 is 0 Å². The second kappa shape index (κ2) is 9.23. The van der Waals surface area contributed by atoms with Crippen LogP contribution in [0.2, 0.25) is 5.02 Å². The van der Waals surface area contributed by atoms with Crippen molar-refractivity contribution in [2.45, 2.75) is 43.4 Å². The summed E-state index contributed by atoms with van der Waals surface area (Å²) in [6.07, 6.45) is 0.444. The molecular formula is C26H25ClN2O5S2. The number of thiazole rings is 1. The smallest absolute Gasteiger partial charge is 0.308 e. The SMILES string of the molecule is COc1ccc2c(c1)C(NS(=O)(=O)c1ccc3c(c1)sc(=O)n3Cc1ccc(Cl)cc1)CC(C)(C)O2. The maximum absolute atomic E-state index is 13.5. The van der Waals surface area contributed by atoms with Crippen molar-refractivity contribution in [2.24, 2.45) is 0 Å². The lowest BCUT2D eigenvalue weighted by Crippen LogP contribution is -2.41. The molecule has 0 saturated heterocycles. The molecule has 5 rings (SSSR count). The minimum atomic E-state index is -3.90. The average Bonchev–Trinajstić information content (AvgIpc) is 3.13. The predicted molar refractivity (Wildman–Crippen MR) is 142 cm³/mol. The highest BCUT2D eigenvalue weighted by molar-refractivity contribution is 7.89. The molecule has 0 aliphatic carbocycles. The first-order valence-electron chi connectivity index (χ1n) is 11.3. The van der Waals surface area contributed by atoms with Gasteiger partial charge in [0.25, 0.3) is 0 Å². The van der Waals surface area contributed by atoms with Crippen LogP contribution in [0.1, 0.15) is 37.4 Å². The van der Waals surface area contributed by atoms with Crippen LogP contribution in [0.5, 0.6) is 11.5 Å². The van der Waals surface area contributed by atoms with Gasteiger partial charge in [0.2, 0.25) is 10.0 Å². The number of halogens is 1. The van der Waals surface area contributed by atoms with Crippen LogP contribution in [0.3, 0.4) is 0 Å². The molecule has 1 aliphatic rings. The van der Waals surface area contributed by atoms with Crippen molar-refractivity contribution in [3.05, 3.63) is 86.5 Å². The molecule has 2 heterocycles. The molecule has 0 spiro atoms. The molecule has 0 amide bonds. The number of hydrogen-bond donors (Lipinski definition) is 1. The van der Waals surface area contributed by atoms with E-state index in [9.17, 15) is 13.2 Å². The van der Waals surface area contributed by atoms with Gasteiger partial charge in [0.1, 0.15) is 17.1 Å². The molecule has 1 unspecified atom stereocenters. The molecule has 0 radical (unpaired) electrons. The van der Waals surface area contributed by atoms with Gasteiger partial charge in [-0.1, -0.05) is 35.1 Å². The van der Waals surface area contributed by atoms with Crippen LogP contribution < -0.4 is 19.1 Å². The van der Waals surface area contributed by atoms with Crippen LogP contribution in [0.15, 0.2) is 70.4 Å². The van der Waals surface area contributed by atoms with Crippen molar-refractivity contribution in [3.8, 4) is 11.5 Å². The fraction of sp³-hybridized carbons (Fsp3) is 0.269. The summed E-state index contributed by atoms with van der Waals surface area (Å²) in [6, 6.07) is 16.9. The lowest BCUT2D eigenvalue weighted by Gasteiger charge is -2.37. The highest BCUT2D eigenvalue weighted by atomic mass is 35.5. The molecule has 1 aliphatic heterocycles. The van der Waals surface area contributed by atoms with E-state index in [0.29, 0.717) is 39.7 Å². The van der Waals surface area contributed by atoms with Crippen molar-refractivity contribution in [2.75, 3.05) is 7.11 Å². The molecule has 4 aromatic rings. The Bertz CT molecular complexity index is 1610. The standard InChI is InChI=1S/C26H25ClN2O5S2/c1-26(2)14-21(20-12-18(33-3)8-11-23(20)34-26)28-36(31,32)19-9-10-22-24(13-19)35-25(30)29(22)15-16-4-6-17(27)7-5-16/h4-13,21,28H,14-15H2,1-3H3. The van der Waals surface area contributed by atoms with Crippen molar-refractivity contribution >= 4 is 43.2 Å². The zero-order valence-electron chi connectivity index (χ0n) is 19.9. The molecule has 1 aromatic heterocycles. The van der Waals surface area contributed by atoms with Gasteiger partial charge >= 0.3 is 4.87 Å². The van der Waals surface area contributed by atoms with Crippen molar-refractivity contribution < 1.29 is 17.9 Å². The quantitative estimate of drug-likeness (QED) is 0.353. The Kier molecular flexibility index (Phi) is 6.36. The average molecular weight is 545 g/mol. The van der Waals surface area contributed by atoms with E-state index in [2.05, 4.69) is 4.72 Å². The summed E-state index contributed by atoms with van der Waals surface area (Å²) in [6.45, 7) is 4.22. The Morgan fingerprint density at radius 3 is 2.61 bits per heavy atom. The van der Waals surface area contributed by atoms with Crippen molar-refractivity contribution in [1.29, 1.82) is 0 Å². The van der Waals surface area contributed by atoms with Crippen LogP contribution in [0, 0.1) is 0 Å². The molecule has 188 valence electrons. The summed E-state index contributed by atoms with van der Waals surface area (Å²) in [4.78, 5) is 12.7. The summed E-state index contributed by atoms with van der Waals surface area (Å²) in [5, 5.41) is 0.623. The number of fused-ring (bicyclic) bond motifs is 2. The summed E-state index contributed by atoms with van der Waals surface area (Å²) >= 11 is 6.99. The van der Waals surface area contributed by atoms with Gasteiger partial charge in [-0.2, -0.15) is 0 Å². The van der Waals surface area contributed by atoms with E-state index in [-0.39, 0.29) is 9.77 Å². The first-order chi connectivity index (χ1) is 17.0. The van der Waals surface area contributed by atoms with Gasteiger partial charge in [0, 0.05) is 17.0 Å². The Labute approximate surface area is 218 Å². The number of nitrogens with one attached hydrogen (secondary N) is 1. The highest BCUT2D eigenvalue weighted by Gasteiger charge is 2.36. The van der Waals surface area contributed by atoms with Crippen LogP contribution >= 0.6 is 22.9 Å². The number of hydrogen-bond acceptors (Lipinski definition) is 6. The number of aromatic nitrogens is 1. The van der Waals surface area contributed by atoms with Crippen LogP contribution in [0.4, 0.5) is 0 Å². The van der Waals surface area contributed by atoms with Crippen molar-refractivity contribution in [3.63, 3.8) is 0 Å². The van der Waals surface area contributed by atoms with Crippen LogP contribution in [-0.4, -0.2) is 25.7 Å². The number of methoxy groups -OCH3 is 1. The number of ether oxygens (including phenoxy) is 2. The van der Waals surface area contributed by atoms with E-state index in [1.165, 1.54) is 6.07 Å². The first kappa shape index (κ1) is 24.8. The van der Waals surface area contributed by atoms with Gasteiger partial charge in [-0.3, -0.25) is 9.36 Å². The summed E-state index contributed by atoms with van der Waals surface area (Å²) in [5.41, 5.74) is 1.77. The van der Waals surface area contributed by atoms with E-state index in [1.54, 1.807) is 54.1 Å². The molecule has 0 saturated carbocycles. The molecule has 0 fully saturated rings. The van der Waals surface area contributed by atoms with E-state index in [4.69, 9.17) is 21.1 Å².